The van der Waals surface area contributed by atoms with Crippen LogP contribution in [0.4, 0.5) is 4.39 Å². The number of aliphatic hydroxyl groups excluding tert-OH is 1. The van der Waals surface area contributed by atoms with Crippen molar-refractivity contribution in [3.8, 4) is 0 Å². The zero-order valence-electron chi connectivity index (χ0n) is 15.7. The van der Waals surface area contributed by atoms with E-state index >= 15 is 0 Å². The highest BCUT2D eigenvalue weighted by atomic mass is 35.5. The fourth-order valence-electron chi connectivity index (χ4n) is 3.70. The fraction of sp³-hybridized carbons (Fsp3) is 0.650. The van der Waals surface area contributed by atoms with Crippen molar-refractivity contribution in [3.63, 3.8) is 0 Å². The molecule has 1 aliphatic rings. The monoisotopic (exact) mass is 386 g/mol. The molecular weight excluding hydrogens is 355 g/mol. The fourth-order valence-corrected chi connectivity index (χ4v) is 3.70. The Morgan fingerprint density at radius 2 is 1.85 bits per heavy atom. The Balaban J connectivity index is 0.00000338. The lowest BCUT2D eigenvalue weighted by molar-refractivity contribution is -0.132. The van der Waals surface area contributed by atoms with Crippen molar-refractivity contribution >= 4 is 18.3 Å². The molecule has 1 saturated carbocycles. The van der Waals surface area contributed by atoms with Crippen LogP contribution >= 0.6 is 12.4 Å². The van der Waals surface area contributed by atoms with Crippen molar-refractivity contribution in [2.75, 3.05) is 0 Å². The van der Waals surface area contributed by atoms with Crippen LogP contribution in [0.2, 0.25) is 0 Å². The van der Waals surface area contributed by atoms with Crippen LogP contribution in [0.25, 0.3) is 0 Å². The van der Waals surface area contributed by atoms with Crippen molar-refractivity contribution in [1.82, 2.24) is 5.32 Å². The summed E-state index contributed by atoms with van der Waals surface area (Å²) < 4.78 is 13.0. The average molecular weight is 387 g/mol. The minimum Gasteiger partial charge on any atom is -0.382 e. The zero-order chi connectivity index (χ0) is 18.4. The lowest BCUT2D eigenvalue weighted by atomic mass is 9.83. The molecule has 1 unspecified atom stereocenters. The summed E-state index contributed by atoms with van der Waals surface area (Å²) in [7, 11) is 0. The molecule has 148 valence electrons. The molecule has 2 rings (SSSR count). The van der Waals surface area contributed by atoms with E-state index < -0.39 is 23.6 Å². The zero-order valence-corrected chi connectivity index (χ0v) is 16.5. The van der Waals surface area contributed by atoms with E-state index in [9.17, 15) is 14.3 Å². The Bertz CT molecular complexity index is 559. The molecule has 1 aromatic rings. The number of aliphatic hydroxyl groups is 1. The SMILES string of the molecule is CC(C)(Cc1ccc(F)cc1)NC(=O)C(O)[C@H](N)CC1CCCCC1.Cl. The van der Waals surface area contributed by atoms with Crippen molar-refractivity contribution in [3.05, 3.63) is 35.6 Å². The number of nitrogens with two attached hydrogens (primary N) is 1. The Morgan fingerprint density at radius 3 is 2.42 bits per heavy atom. The van der Waals surface area contributed by atoms with E-state index in [0.29, 0.717) is 18.8 Å². The van der Waals surface area contributed by atoms with Crippen LogP contribution < -0.4 is 11.1 Å². The maximum Gasteiger partial charge on any atom is 0.250 e. The molecule has 0 saturated heterocycles. The Hall–Kier alpha value is -1.17. The van der Waals surface area contributed by atoms with Crippen LogP contribution in [-0.2, 0) is 11.2 Å². The van der Waals surface area contributed by atoms with Gasteiger partial charge in [0.15, 0.2) is 0 Å². The minimum absolute atomic E-state index is 0. The minimum atomic E-state index is -1.20. The molecule has 0 spiro atoms. The third kappa shape index (κ3) is 7.22. The van der Waals surface area contributed by atoms with Crippen molar-refractivity contribution in [2.45, 2.75) is 76.5 Å². The summed E-state index contributed by atoms with van der Waals surface area (Å²) in [6.45, 7) is 3.77. The quantitative estimate of drug-likeness (QED) is 0.672. The lowest BCUT2D eigenvalue weighted by Gasteiger charge is -2.30. The van der Waals surface area contributed by atoms with Crippen molar-refractivity contribution in [1.29, 1.82) is 0 Å². The van der Waals surface area contributed by atoms with Crippen molar-refractivity contribution in [2.24, 2.45) is 11.7 Å². The third-order valence-electron chi connectivity index (χ3n) is 5.03. The van der Waals surface area contributed by atoms with Gasteiger partial charge in [0.2, 0.25) is 0 Å². The van der Waals surface area contributed by atoms with E-state index in [-0.39, 0.29) is 18.2 Å². The first-order chi connectivity index (χ1) is 11.8. The normalized spacial score (nSPS) is 17.9. The molecule has 1 aromatic carbocycles. The average Bonchev–Trinajstić information content (AvgIpc) is 2.56. The van der Waals surface area contributed by atoms with Gasteiger partial charge in [-0.15, -0.1) is 12.4 Å². The highest BCUT2D eigenvalue weighted by Gasteiger charge is 2.30. The first-order valence-corrected chi connectivity index (χ1v) is 9.27. The van der Waals surface area contributed by atoms with E-state index in [1.807, 2.05) is 13.8 Å². The highest BCUT2D eigenvalue weighted by Crippen LogP contribution is 2.27. The Morgan fingerprint density at radius 1 is 1.27 bits per heavy atom. The van der Waals surface area contributed by atoms with Crippen LogP contribution in [0.5, 0.6) is 0 Å². The van der Waals surface area contributed by atoms with E-state index in [1.165, 1.54) is 31.4 Å². The topological polar surface area (TPSA) is 75.3 Å². The molecule has 0 heterocycles. The molecule has 1 aliphatic carbocycles. The Kier molecular flexibility index (Phi) is 9.01. The third-order valence-corrected chi connectivity index (χ3v) is 5.03. The van der Waals surface area contributed by atoms with Gasteiger partial charge in [-0.3, -0.25) is 4.79 Å². The maximum atomic E-state index is 13.0. The van der Waals surface area contributed by atoms with Crippen molar-refractivity contribution < 1.29 is 14.3 Å². The number of amides is 1. The molecule has 26 heavy (non-hydrogen) atoms. The van der Waals surface area contributed by atoms with Gasteiger partial charge in [0, 0.05) is 11.6 Å². The summed E-state index contributed by atoms with van der Waals surface area (Å²) in [4.78, 5) is 12.4. The molecule has 2 atom stereocenters. The molecule has 6 heteroatoms. The van der Waals surface area contributed by atoms with Gasteiger partial charge in [-0.2, -0.15) is 0 Å². The number of carbonyl (C=O) groups excluding carboxylic acids is 1. The number of rotatable bonds is 7. The summed E-state index contributed by atoms with van der Waals surface area (Å²) >= 11 is 0. The summed E-state index contributed by atoms with van der Waals surface area (Å²) in [5, 5.41) is 13.2. The van der Waals surface area contributed by atoms with Gasteiger partial charge in [-0.05, 0) is 50.3 Å². The van der Waals surface area contributed by atoms with Crippen LogP contribution in [0.3, 0.4) is 0 Å². The van der Waals surface area contributed by atoms with E-state index in [4.69, 9.17) is 5.73 Å². The molecule has 0 radical (unpaired) electrons. The molecule has 0 aromatic heterocycles. The summed E-state index contributed by atoms with van der Waals surface area (Å²) in [6, 6.07) is 5.68. The Labute approximate surface area is 162 Å². The molecule has 0 aliphatic heterocycles. The molecule has 4 nitrogen and oxygen atoms in total. The number of halogens is 2. The first kappa shape index (κ1) is 22.9. The maximum absolute atomic E-state index is 13.0. The van der Waals surface area contributed by atoms with Gasteiger partial charge in [0.1, 0.15) is 11.9 Å². The smallest absolute Gasteiger partial charge is 0.250 e. The molecule has 0 bridgehead atoms. The number of nitrogens with one attached hydrogen (secondary N) is 1. The van der Waals surface area contributed by atoms with E-state index in [0.717, 1.165) is 18.4 Å². The van der Waals surface area contributed by atoms with Crippen LogP contribution in [0.1, 0.15) is 57.9 Å². The predicted octanol–water partition coefficient (Wildman–Crippen LogP) is 3.34. The molecule has 4 N–H and O–H groups in total. The highest BCUT2D eigenvalue weighted by molar-refractivity contribution is 5.85. The molecular formula is C20H32ClFN2O2. The van der Waals surface area contributed by atoms with Gasteiger partial charge in [0.05, 0.1) is 0 Å². The van der Waals surface area contributed by atoms with Crippen LogP contribution in [-0.4, -0.2) is 28.7 Å². The number of hydrogen-bond donors (Lipinski definition) is 3. The van der Waals surface area contributed by atoms with E-state index in [1.54, 1.807) is 12.1 Å². The van der Waals surface area contributed by atoms with Crippen LogP contribution in [0.15, 0.2) is 24.3 Å². The first-order valence-electron chi connectivity index (χ1n) is 9.27. The number of benzene rings is 1. The van der Waals surface area contributed by atoms with Gasteiger partial charge in [0.25, 0.3) is 5.91 Å². The largest absolute Gasteiger partial charge is 0.382 e. The lowest BCUT2D eigenvalue weighted by Crippen LogP contribution is -2.54. The summed E-state index contributed by atoms with van der Waals surface area (Å²) in [6.07, 6.45) is 6.00. The van der Waals surface area contributed by atoms with Gasteiger partial charge in [-0.1, -0.05) is 44.2 Å². The second kappa shape index (κ2) is 10.2. The van der Waals surface area contributed by atoms with Gasteiger partial charge >= 0.3 is 0 Å². The molecule has 1 amide bonds. The second-order valence-electron chi connectivity index (χ2n) is 8.02. The number of carbonyl (C=O) groups is 1. The standard InChI is InChI=1S/C20H31FN2O2.ClH/c1-20(2,13-15-8-10-16(21)11-9-15)23-19(25)18(24)17(22)12-14-6-4-3-5-7-14;/h8-11,14,17-18,24H,3-7,12-13,22H2,1-2H3,(H,23,25);1H/t17-,18?;/m1./s1. The second-order valence-corrected chi connectivity index (χ2v) is 8.02. The number of hydrogen-bond acceptors (Lipinski definition) is 3. The van der Waals surface area contributed by atoms with Crippen LogP contribution in [0, 0.1) is 11.7 Å². The summed E-state index contributed by atoms with van der Waals surface area (Å²) in [5.41, 5.74) is 6.45. The summed E-state index contributed by atoms with van der Waals surface area (Å²) in [5.74, 6) is -0.205. The predicted molar refractivity (Wildman–Crippen MR) is 105 cm³/mol. The van der Waals surface area contributed by atoms with Gasteiger partial charge < -0.3 is 16.2 Å². The van der Waals surface area contributed by atoms with Gasteiger partial charge in [-0.25, -0.2) is 4.39 Å². The molecule has 1 fully saturated rings. The van der Waals surface area contributed by atoms with E-state index in [2.05, 4.69) is 5.32 Å².